The zero-order valence-corrected chi connectivity index (χ0v) is 17.9. The lowest BCUT2D eigenvalue weighted by Crippen LogP contribution is -2.28. The molecule has 0 radical (unpaired) electrons. The highest BCUT2D eigenvalue weighted by atomic mass is 35.5. The Kier molecular flexibility index (Phi) is 6.01. The molecule has 0 heterocycles. The number of anilines is 1. The second-order valence-electron chi connectivity index (χ2n) is 7.33. The highest BCUT2D eigenvalue weighted by molar-refractivity contribution is 7.92. The van der Waals surface area contributed by atoms with E-state index in [9.17, 15) is 13.2 Å². The summed E-state index contributed by atoms with van der Waals surface area (Å²) >= 11 is 6.26. The van der Waals surface area contributed by atoms with Crippen LogP contribution in [-0.2, 0) is 22.9 Å². The summed E-state index contributed by atoms with van der Waals surface area (Å²) in [5.74, 6) is -0.288. The summed E-state index contributed by atoms with van der Waals surface area (Å²) in [6, 6.07) is 10.9. The predicted octanol–water partition coefficient (Wildman–Crippen LogP) is 4.11. The molecule has 1 amide bonds. The van der Waals surface area contributed by atoms with Gasteiger partial charge in [0, 0.05) is 7.05 Å². The molecule has 1 aliphatic rings. The van der Waals surface area contributed by atoms with Gasteiger partial charge in [0.2, 0.25) is 10.0 Å². The number of halogens is 1. The minimum absolute atomic E-state index is 0.158. The maximum atomic E-state index is 12.7. The van der Waals surface area contributed by atoms with Crippen molar-refractivity contribution in [1.29, 1.82) is 0 Å². The molecule has 2 aromatic rings. The minimum Gasteiger partial charge on any atom is -0.345 e. The second kappa shape index (κ2) is 8.13. The quantitative estimate of drug-likeness (QED) is 0.791. The first-order valence-corrected chi connectivity index (χ1v) is 11.6. The number of fused-ring (bicyclic) bond motifs is 1. The summed E-state index contributed by atoms with van der Waals surface area (Å²) in [6.07, 6.45) is 5.77. The summed E-state index contributed by atoms with van der Waals surface area (Å²) in [6.45, 7) is 1.95. The Labute approximate surface area is 171 Å². The number of carbonyl (C=O) groups excluding carboxylic acids is 1. The Morgan fingerprint density at radius 3 is 2.43 bits per heavy atom. The first-order valence-electron chi connectivity index (χ1n) is 9.33. The van der Waals surface area contributed by atoms with E-state index in [4.69, 9.17) is 11.6 Å². The SMILES string of the molecule is CC(NC(=O)c1ccc(N(C)S(C)(=O)=O)cc1Cl)c1ccc2c(c1)CCCC2. The van der Waals surface area contributed by atoms with Crippen LogP contribution in [0.5, 0.6) is 0 Å². The number of benzene rings is 2. The number of hydrogen-bond donors (Lipinski definition) is 1. The monoisotopic (exact) mass is 420 g/mol. The summed E-state index contributed by atoms with van der Waals surface area (Å²) in [5, 5.41) is 3.20. The Morgan fingerprint density at radius 1 is 1.11 bits per heavy atom. The molecule has 3 rings (SSSR count). The van der Waals surface area contributed by atoms with Crippen molar-refractivity contribution < 1.29 is 13.2 Å². The fourth-order valence-corrected chi connectivity index (χ4v) is 4.21. The van der Waals surface area contributed by atoms with Crippen molar-refractivity contribution in [3.63, 3.8) is 0 Å². The molecule has 7 heteroatoms. The van der Waals surface area contributed by atoms with Crippen LogP contribution in [0.15, 0.2) is 36.4 Å². The third-order valence-electron chi connectivity index (χ3n) is 5.28. The zero-order valence-electron chi connectivity index (χ0n) is 16.3. The van der Waals surface area contributed by atoms with Gasteiger partial charge in [-0.1, -0.05) is 29.8 Å². The van der Waals surface area contributed by atoms with Gasteiger partial charge in [-0.3, -0.25) is 9.10 Å². The molecule has 2 aromatic carbocycles. The first-order chi connectivity index (χ1) is 13.2. The molecule has 1 atom stereocenters. The molecule has 0 aromatic heterocycles. The van der Waals surface area contributed by atoms with E-state index < -0.39 is 10.0 Å². The van der Waals surface area contributed by atoms with Gasteiger partial charge in [0.25, 0.3) is 5.91 Å². The summed E-state index contributed by atoms with van der Waals surface area (Å²) in [5.41, 5.74) is 4.57. The van der Waals surface area contributed by atoms with Crippen molar-refractivity contribution in [2.24, 2.45) is 0 Å². The third-order valence-corrected chi connectivity index (χ3v) is 6.80. The molecule has 0 saturated heterocycles. The van der Waals surface area contributed by atoms with Gasteiger partial charge in [0.15, 0.2) is 0 Å². The van der Waals surface area contributed by atoms with Crippen molar-refractivity contribution in [3.05, 3.63) is 63.7 Å². The Bertz CT molecular complexity index is 1000. The highest BCUT2D eigenvalue weighted by Gasteiger charge is 2.19. The van der Waals surface area contributed by atoms with Gasteiger partial charge in [-0.05, 0) is 67.5 Å². The van der Waals surface area contributed by atoms with Gasteiger partial charge in [-0.15, -0.1) is 0 Å². The summed E-state index contributed by atoms with van der Waals surface area (Å²) < 4.78 is 24.5. The number of rotatable bonds is 5. The second-order valence-corrected chi connectivity index (χ2v) is 9.75. The van der Waals surface area contributed by atoms with Gasteiger partial charge in [-0.2, -0.15) is 0 Å². The van der Waals surface area contributed by atoms with Crippen LogP contribution < -0.4 is 9.62 Å². The van der Waals surface area contributed by atoms with E-state index in [2.05, 4.69) is 23.5 Å². The van der Waals surface area contributed by atoms with Crippen molar-refractivity contribution in [2.75, 3.05) is 17.6 Å². The average molecular weight is 421 g/mol. The van der Waals surface area contributed by atoms with Gasteiger partial charge in [0.05, 0.1) is 28.6 Å². The van der Waals surface area contributed by atoms with Crippen molar-refractivity contribution in [2.45, 2.75) is 38.6 Å². The van der Waals surface area contributed by atoms with Crippen molar-refractivity contribution in [1.82, 2.24) is 5.32 Å². The largest absolute Gasteiger partial charge is 0.345 e. The molecule has 150 valence electrons. The lowest BCUT2D eigenvalue weighted by atomic mass is 9.89. The minimum atomic E-state index is -3.39. The van der Waals surface area contributed by atoms with Crippen LogP contribution in [0.25, 0.3) is 0 Å². The van der Waals surface area contributed by atoms with Gasteiger partial charge in [0.1, 0.15) is 0 Å². The van der Waals surface area contributed by atoms with Gasteiger partial charge >= 0.3 is 0 Å². The lowest BCUT2D eigenvalue weighted by molar-refractivity contribution is 0.0940. The lowest BCUT2D eigenvalue weighted by Gasteiger charge is -2.21. The maximum absolute atomic E-state index is 12.7. The van der Waals surface area contributed by atoms with Crippen LogP contribution in [0.2, 0.25) is 5.02 Å². The van der Waals surface area contributed by atoms with E-state index in [-0.39, 0.29) is 17.0 Å². The molecule has 1 aliphatic carbocycles. The highest BCUT2D eigenvalue weighted by Crippen LogP contribution is 2.27. The molecule has 1 unspecified atom stereocenters. The summed E-state index contributed by atoms with van der Waals surface area (Å²) in [4.78, 5) is 12.7. The van der Waals surface area contributed by atoms with Gasteiger partial charge in [-0.25, -0.2) is 8.42 Å². The molecule has 1 N–H and O–H groups in total. The smallest absolute Gasteiger partial charge is 0.253 e. The molecule has 0 saturated carbocycles. The normalized spacial score (nSPS) is 14.9. The molecule has 0 bridgehead atoms. The van der Waals surface area contributed by atoms with Crippen LogP contribution >= 0.6 is 11.6 Å². The van der Waals surface area contributed by atoms with E-state index in [1.807, 2.05) is 6.92 Å². The third kappa shape index (κ3) is 4.50. The number of sulfonamides is 1. The molecule has 5 nitrogen and oxygen atoms in total. The van der Waals surface area contributed by atoms with Crippen LogP contribution in [0.1, 0.15) is 52.9 Å². The van der Waals surface area contributed by atoms with E-state index >= 15 is 0 Å². The Balaban J connectivity index is 1.75. The van der Waals surface area contributed by atoms with Crippen LogP contribution in [0.4, 0.5) is 5.69 Å². The maximum Gasteiger partial charge on any atom is 0.253 e. The Morgan fingerprint density at radius 2 is 1.79 bits per heavy atom. The molecule has 0 aliphatic heterocycles. The molecular formula is C21H25ClN2O3S. The predicted molar refractivity (Wildman–Crippen MR) is 114 cm³/mol. The summed E-state index contributed by atoms with van der Waals surface area (Å²) in [7, 11) is -1.95. The molecule has 0 spiro atoms. The topological polar surface area (TPSA) is 66.5 Å². The number of carbonyl (C=O) groups is 1. The number of nitrogens with zero attached hydrogens (tertiary/aromatic N) is 1. The molecular weight excluding hydrogens is 396 g/mol. The van der Waals surface area contributed by atoms with Crippen LogP contribution in [-0.4, -0.2) is 27.6 Å². The van der Waals surface area contributed by atoms with E-state index in [0.29, 0.717) is 11.3 Å². The molecule has 28 heavy (non-hydrogen) atoms. The van der Waals surface area contributed by atoms with E-state index in [0.717, 1.165) is 29.0 Å². The van der Waals surface area contributed by atoms with E-state index in [1.54, 1.807) is 12.1 Å². The van der Waals surface area contributed by atoms with E-state index in [1.165, 1.54) is 37.1 Å². The number of nitrogens with one attached hydrogen (secondary N) is 1. The van der Waals surface area contributed by atoms with Gasteiger partial charge < -0.3 is 5.32 Å². The number of hydrogen-bond acceptors (Lipinski definition) is 3. The number of aryl methyl sites for hydroxylation is 2. The Hall–Kier alpha value is -2.05. The standard InChI is InChI=1S/C21H25ClN2O3S/c1-14(16-9-8-15-6-4-5-7-17(15)12-16)23-21(25)19-11-10-18(13-20(19)22)24(2)28(3,26)27/h8-14H,4-7H2,1-3H3,(H,23,25). The van der Waals surface area contributed by atoms with Crippen LogP contribution in [0, 0.1) is 0 Å². The van der Waals surface area contributed by atoms with Crippen molar-refractivity contribution in [3.8, 4) is 0 Å². The zero-order chi connectivity index (χ0) is 20.5. The fraction of sp³-hybridized carbons (Fsp3) is 0.381. The van der Waals surface area contributed by atoms with Crippen molar-refractivity contribution >= 4 is 33.2 Å². The van der Waals surface area contributed by atoms with Crippen LogP contribution in [0.3, 0.4) is 0 Å². The molecule has 0 fully saturated rings. The first kappa shape index (κ1) is 20.7. The number of amides is 1. The average Bonchev–Trinajstić information content (AvgIpc) is 2.66. The fourth-order valence-electron chi connectivity index (χ4n) is 3.46.